The molecule has 5 nitrogen and oxygen atoms in total. The van der Waals surface area contributed by atoms with Gasteiger partial charge in [-0.3, -0.25) is 9.59 Å². The first-order chi connectivity index (χ1) is 9.24. The molecule has 0 bridgehead atoms. The fourth-order valence-electron chi connectivity index (χ4n) is 2.24. The summed E-state index contributed by atoms with van der Waals surface area (Å²) in [5, 5.41) is 3.02. The molecular weight excluding hydrogens is 277 g/mol. The Morgan fingerprint density at radius 1 is 1.40 bits per heavy atom. The van der Waals surface area contributed by atoms with E-state index in [1.165, 1.54) is 0 Å². The Morgan fingerprint density at radius 3 is 2.50 bits per heavy atom. The molecule has 0 saturated carbocycles. The minimum atomic E-state index is -4.49. The number of methoxy groups -OCH3 is 1. The van der Waals surface area contributed by atoms with Crippen LogP contribution in [-0.2, 0) is 14.3 Å². The van der Waals surface area contributed by atoms with Crippen molar-refractivity contribution in [2.45, 2.75) is 32.0 Å². The topological polar surface area (TPSA) is 58.6 Å². The number of hydrogen-bond donors (Lipinski definition) is 1. The van der Waals surface area contributed by atoms with Crippen LogP contribution in [0.5, 0.6) is 0 Å². The van der Waals surface area contributed by atoms with Crippen LogP contribution in [0, 0.1) is 5.92 Å². The number of rotatable bonds is 5. The van der Waals surface area contributed by atoms with Crippen molar-refractivity contribution in [3.63, 3.8) is 0 Å². The first kappa shape index (κ1) is 16.7. The van der Waals surface area contributed by atoms with Crippen molar-refractivity contribution < 1.29 is 27.5 Å². The van der Waals surface area contributed by atoms with E-state index < -0.39 is 30.5 Å². The van der Waals surface area contributed by atoms with Gasteiger partial charge in [-0.05, 0) is 19.9 Å². The van der Waals surface area contributed by atoms with Gasteiger partial charge in [-0.15, -0.1) is 0 Å². The third-order valence-corrected chi connectivity index (χ3v) is 3.34. The van der Waals surface area contributed by atoms with Crippen molar-refractivity contribution in [1.29, 1.82) is 0 Å². The van der Waals surface area contributed by atoms with Crippen molar-refractivity contribution in [2.24, 2.45) is 5.92 Å². The standard InChI is InChI=1S/C12H19F3N2O3/c1-8-9(3-5-16-8)11(19)17(7-12(13,14)15)6-4-10(18)20-2/h8-9,16H,3-7H2,1-2H3. The van der Waals surface area contributed by atoms with Crippen molar-refractivity contribution >= 4 is 11.9 Å². The normalized spacial score (nSPS) is 22.6. The molecule has 0 aromatic rings. The van der Waals surface area contributed by atoms with E-state index in [2.05, 4.69) is 10.1 Å². The number of amides is 1. The predicted molar refractivity (Wildman–Crippen MR) is 64.8 cm³/mol. The number of nitrogens with zero attached hydrogens (tertiary/aromatic N) is 1. The van der Waals surface area contributed by atoms with Crippen LogP contribution < -0.4 is 5.32 Å². The minimum Gasteiger partial charge on any atom is -0.469 e. The van der Waals surface area contributed by atoms with Crippen LogP contribution in [0.4, 0.5) is 13.2 Å². The fourth-order valence-corrected chi connectivity index (χ4v) is 2.24. The molecule has 116 valence electrons. The van der Waals surface area contributed by atoms with Gasteiger partial charge in [0.15, 0.2) is 0 Å². The van der Waals surface area contributed by atoms with Gasteiger partial charge >= 0.3 is 12.1 Å². The Kier molecular flexibility index (Phi) is 5.79. The summed E-state index contributed by atoms with van der Waals surface area (Å²) in [6, 6.07) is -0.156. The molecule has 0 aromatic heterocycles. The molecule has 20 heavy (non-hydrogen) atoms. The molecule has 8 heteroatoms. The number of alkyl halides is 3. The SMILES string of the molecule is COC(=O)CCN(CC(F)(F)F)C(=O)C1CCNC1C. The summed E-state index contributed by atoms with van der Waals surface area (Å²) >= 11 is 0. The molecule has 1 fully saturated rings. The van der Waals surface area contributed by atoms with Gasteiger partial charge in [0.25, 0.3) is 0 Å². The summed E-state index contributed by atoms with van der Waals surface area (Å²) in [6.45, 7) is 0.746. The van der Waals surface area contributed by atoms with E-state index in [1.807, 2.05) is 0 Å². The highest BCUT2D eigenvalue weighted by Gasteiger charge is 2.38. The van der Waals surface area contributed by atoms with Gasteiger partial charge in [0.1, 0.15) is 6.54 Å². The van der Waals surface area contributed by atoms with Crippen molar-refractivity contribution in [2.75, 3.05) is 26.7 Å². The number of ether oxygens (including phenoxy) is 1. The van der Waals surface area contributed by atoms with Gasteiger partial charge in [0.05, 0.1) is 19.4 Å². The van der Waals surface area contributed by atoms with E-state index in [9.17, 15) is 22.8 Å². The Hall–Kier alpha value is -1.31. The van der Waals surface area contributed by atoms with Crippen LogP contribution in [0.3, 0.4) is 0 Å². The molecule has 0 spiro atoms. The van der Waals surface area contributed by atoms with Crippen LogP contribution in [0.25, 0.3) is 0 Å². The van der Waals surface area contributed by atoms with E-state index in [1.54, 1.807) is 6.92 Å². The Bertz CT molecular complexity index is 360. The van der Waals surface area contributed by atoms with E-state index in [-0.39, 0.29) is 19.0 Å². The lowest BCUT2D eigenvalue weighted by atomic mass is 10.00. The van der Waals surface area contributed by atoms with E-state index in [4.69, 9.17) is 0 Å². The van der Waals surface area contributed by atoms with Gasteiger partial charge in [-0.2, -0.15) is 13.2 Å². The number of hydrogen-bond acceptors (Lipinski definition) is 4. The van der Waals surface area contributed by atoms with Crippen LogP contribution in [0.15, 0.2) is 0 Å². The second-order valence-electron chi connectivity index (χ2n) is 4.84. The maximum Gasteiger partial charge on any atom is 0.406 e. The summed E-state index contributed by atoms with van der Waals surface area (Å²) in [5.41, 5.74) is 0. The average molecular weight is 296 g/mol. The maximum absolute atomic E-state index is 12.5. The second-order valence-corrected chi connectivity index (χ2v) is 4.84. The third kappa shape index (κ3) is 4.99. The summed E-state index contributed by atoms with van der Waals surface area (Å²) in [7, 11) is 1.15. The van der Waals surface area contributed by atoms with Gasteiger partial charge in [0.2, 0.25) is 5.91 Å². The molecule has 1 N–H and O–H groups in total. The molecule has 0 radical (unpaired) electrons. The van der Waals surface area contributed by atoms with Gasteiger partial charge < -0.3 is 15.0 Å². The maximum atomic E-state index is 12.5. The van der Waals surface area contributed by atoms with Gasteiger partial charge in [-0.1, -0.05) is 0 Å². The van der Waals surface area contributed by atoms with Gasteiger partial charge in [-0.25, -0.2) is 0 Å². The van der Waals surface area contributed by atoms with Crippen LogP contribution >= 0.6 is 0 Å². The largest absolute Gasteiger partial charge is 0.469 e. The Balaban J connectivity index is 2.70. The molecule has 1 heterocycles. The lowest BCUT2D eigenvalue weighted by molar-refractivity contribution is -0.165. The van der Waals surface area contributed by atoms with Crippen LogP contribution in [0.1, 0.15) is 19.8 Å². The lowest BCUT2D eigenvalue weighted by Gasteiger charge is -2.27. The summed E-state index contributed by atoms with van der Waals surface area (Å²) < 4.78 is 42.0. The number of carbonyl (C=O) groups excluding carboxylic acids is 2. The molecule has 1 aliphatic heterocycles. The Labute approximate surface area is 115 Å². The quantitative estimate of drug-likeness (QED) is 0.767. The molecular formula is C12H19F3N2O3. The van der Waals surface area contributed by atoms with Crippen molar-refractivity contribution in [1.82, 2.24) is 10.2 Å². The third-order valence-electron chi connectivity index (χ3n) is 3.34. The van der Waals surface area contributed by atoms with E-state index in [0.717, 1.165) is 7.11 Å². The number of esters is 1. The van der Waals surface area contributed by atoms with Crippen LogP contribution in [0.2, 0.25) is 0 Å². The first-order valence-electron chi connectivity index (χ1n) is 6.40. The van der Waals surface area contributed by atoms with Crippen molar-refractivity contribution in [3.05, 3.63) is 0 Å². The van der Waals surface area contributed by atoms with Gasteiger partial charge in [0, 0.05) is 12.6 Å². The molecule has 1 amide bonds. The first-order valence-corrected chi connectivity index (χ1v) is 6.40. The Morgan fingerprint density at radius 2 is 2.05 bits per heavy atom. The van der Waals surface area contributed by atoms with E-state index in [0.29, 0.717) is 17.9 Å². The lowest BCUT2D eigenvalue weighted by Crippen LogP contribution is -2.45. The molecule has 1 rings (SSSR count). The van der Waals surface area contributed by atoms with Crippen LogP contribution in [-0.4, -0.2) is 55.7 Å². The monoisotopic (exact) mass is 296 g/mol. The number of carbonyl (C=O) groups is 2. The molecule has 0 aromatic carbocycles. The highest BCUT2D eigenvalue weighted by molar-refractivity contribution is 5.80. The predicted octanol–water partition coefficient (Wildman–Crippen LogP) is 0.938. The highest BCUT2D eigenvalue weighted by atomic mass is 19.4. The molecule has 2 unspecified atom stereocenters. The highest BCUT2D eigenvalue weighted by Crippen LogP contribution is 2.22. The summed E-state index contributed by atoms with van der Waals surface area (Å²) in [6.07, 6.45) is -4.22. The molecule has 0 aliphatic carbocycles. The van der Waals surface area contributed by atoms with E-state index >= 15 is 0 Å². The van der Waals surface area contributed by atoms with Crippen molar-refractivity contribution in [3.8, 4) is 0 Å². The fraction of sp³-hybridized carbons (Fsp3) is 0.833. The molecule has 1 saturated heterocycles. The smallest absolute Gasteiger partial charge is 0.406 e. The summed E-state index contributed by atoms with van der Waals surface area (Å²) in [4.78, 5) is 23.9. The molecule has 2 atom stereocenters. The average Bonchev–Trinajstić information content (AvgIpc) is 2.78. The zero-order valence-corrected chi connectivity index (χ0v) is 11.5. The number of halogens is 3. The zero-order chi connectivity index (χ0) is 15.3. The minimum absolute atomic E-state index is 0.156. The second kappa shape index (κ2) is 6.92. The summed E-state index contributed by atoms with van der Waals surface area (Å²) in [5.74, 6) is -1.68. The zero-order valence-electron chi connectivity index (χ0n) is 11.5. The molecule has 1 aliphatic rings. The number of nitrogens with one attached hydrogen (secondary N) is 1.